The van der Waals surface area contributed by atoms with Gasteiger partial charge in [-0.2, -0.15) is 0 Å². The molecule has 1 heterocycles. The zero-order valence-corrected chi connectivity index (χ0v) is 16.6. The fourth-order valence-corrected chi connectivity index (χ4v) is 3.32. The van der Waals surface area contributed by atoms with Gasteiger partial charge in [-0.15, -0.1) is 0 Å². The lowest BCUT2D eigenvalue weighted by Gasteiger charge is -2.17. The van der Waals surface area contributed by atoms with E-state index in [0.29, 0.717) is 17.8 Å². The molecule has 1 aliphatic heterocycles. The summed E-state index contributed by atoms with van der Waals surface area (Å²) in [5.74, 6) is -0.323. The molecule has 0 aliphatic carbocycles. The number of aryl methyl sites for hydroxylation is 1. The molecule has 4 nitrogen and oxygen atoms in total. The first-order valence-electron chi connectivity index (χ1n) is 8.57. The second-order valence-corrected chi connectivity index (χ2v) is 7.78. The van der Waals surface area contributed by atoms with Crippen molar-refractivity contribution >= 4 is 39.0 Å². The van der Waals surface area contributed by atoms with Crippen LogP contribution in [0.4, 0.5) is 5.69 Å². The topological polar surface area (TPSA) is 49.4 Å². The molecule has 1 N–H and O–H groups in total. The molecular weight excluding hydrogens is 392 g/mol. The average Bonchev–Trinajstić information content (AvgIpc) is 2.80. The smallest absolute Gasteiger partial charge is 0.278 e. The van der Waals surface area contributed by atoms with Crippen LogP contribution in [0.1, 0.15) is 25.0 Å². The quantitative estimate of drug-likeness (QED) is 0.729. The minimum Gasteiger partial charge on any atom is -0.350 e. The number of benzene rings is 2. The Labute approximate surface area is 162 Å². The van der Waals surface area contributed by atoms with E-state index in [2.05, 4.69) is 21.2 Å². The molecule has 3 rings (SSSR count). The van der Waals surface area contributed by atoms with Gasteiger partial charge in [0.05, 0.1) is 5.57 Å². The molecule has 134 valence electrons. The zero-order valence-electron chi connectivity index (χ0n) is 15.0. The third-order valence-corrected chi connectivity index (χ3v) is 4.64. The fraction of sp³-hybridized carbons (Fsp3) is 0.238. The van der Waals surface area contributed by atoms with Crippen LogP contribution < -0.4 is 5.32 Å². The highest BCUT2D eigenvalue weighted by Gasteiger charge is 2.39. The van der Waals surface area contributed by atoms with Gasteiger partial charge in [0.25, 0.3) is 11.8 Å². The summed E-state index contributed by atoms with van der Waals surface area (Å²) in [5.41, 5.74) is 3.36. The summed E-state index contributed by atoms with van der Waals surface area (Å²) in [4.78, 5) is 27.3. The number of amides is 2. The van der Waals surface area contributed by atoms with Crippen LogP contribution in [-0.2, 0) is 9.59 Å². The van der Waals surface area contributed by atoms with Crippen molar-refractivity contribution in [2.75, 3.05) is 11.9 Å². The maximum absolute atomic E-state index is 13.0. The lowest BCUT2D eigenvalue weighted by molar-refractivity contribution is -0.137. The molecule has 0 unspecified atom stereocenters. The predicted molar refractivity (Wildman–Crippen MR) is 107 cm³/mol. The molecule has 0 saturated heterocycles. The van der Waals surface area contributed by atoms with Crippen molar-refractivity contribution in [1.82, 2.24) is 4.90 Å². The number of nitrogens with one attached hydrogen (secondary N) is 1. The van der Waals surface area contributed by atoms with Gasteiger partial charge >= 0.3 is 0 Å². The van der Waals surface area contributed by atoms with E-state index in [1.807, 2.05) is 69.3 Å². The van der Waals surface area contributed by atoms with E-state index in [1.165, 1.54) is 4.90 Å². The number of imide groups is 1. The maximum Gasteiger partial charge on any atom is 0.278 e. The van der Waals surface area contributed by atoms with Gasteiger partial charge in [0.15, 0.2) is 0 Å². The van der Waals surface area contributed by atoms with E-state index in [0.717, 1.165) is 21.3 Å². The Balaban J connectivity index is 2.06. The summed E-state index contributed by atoms with van der Waals surface area (Å²) in [6.45, 7) is 6.37. The van der Waals surface area contributed by atoms with Crippen LogP contribution >= 0.6 is 15.9 Å². The van der Waals surface area contributed by atoms with E-state index in [-0.39, 0.29) is 17.7 Å². The number of hydrogen-bond acceptors (Lipinski definition) is 3. The Kier molecular flexibility index (Phi) is 5.28. The highest BCUT2D eigenvalue weighted by Crippen LogP contribution is 2.31. The average molecular weight is 413 g/mol. The molecule has 2 aromatic carbocycles. The van der Waals surface area contributed by atoms with Crippen molar-refractivity contribution in [2.24, 2.45) is 5.92 Å². The SMILES string of the molecule is Cc1ccc(C2=C(Nc3cccc(Br)c3)C(=O)N(CC(C)C)C2=O)cc1. The number of anilines is 1. The van der Waals surface area contributed by atoms with Gasteiger partial charge in [0.2, 0.25) is 0 Å². The van der Waals surface area contributed by atoms with Gasteiger partial charge < -0.3 is 5.32 Å². The summed E-state index contributed by atoms with van der Waals surface area (Å²) in [6.07, 6.45) is 0. The molecule has 0 bridgehead atoms. The first-order valence-corrected chi connectivity index (χ1v) is 9.36. The van der Waals surface area contributed by atoms with Crippen LogP contribution in [0.5, 0.6) is 0 Å². The minimum absolute atomic E-state index is 0.201. The summed E-state index contributed by atoms with van der Waals surface area (Å²) >= 11 is 3.43. The number of hydrogen-bond donors (Lipinski definition) is 1. The van der Waals surface area contributed by atoms with Crippen LogP contribution in [0.25, 0.3) is 5.57 Å². The van der Waals surface area contributed by atoms with Crippen LogP contribution in [0.3, 0.4) is 0 Å². The van der Waals surface area contributed by atoms with E-state index < -0.39 is 0 Å². The summed E-state index contributed by atoms with van der Waals surface area (Å²) in [7, 11) is 0. The van der Waals surface area contributed by atoms with Crippen molar-refractivity contribution in [1.29, 1.82) is 0 Å². The van der Waals surface area contributed by atoms with Crippen LogP contribution in [0, 0.1) is 12.8 Å². The molecule has 0 atom stereocenters. The molecule has 0 radical (unpaired) electrons. The van der Waals surface area contributed by atoms with Gasteiger partial charge in [0, 0.05) is 16.7 Å². The molecule has 26 heavy (non-hydrogen) atoms. The molecule has 0 saturated carbocycles. The molecule has 1 aliphatic rings. The Morgan fingerprint density at radius 2 is 1.73 bits per heavy atom. The maximum atomic E-state index is 13.0. The Hall–Kier alpha value is -2.40. The largest absolute Gasteiger partial charge is 0.350 e. The number of nitrogens with zero attached hydrogens (tertiary/aromatic N) is 1. The standard InChI is InChI=1S/C21H21BrN2O2/c1-13(2)12-24-20(25)18(15-9-7-14(3)8-10-15)19(21(24)26)23-17-6-4-5-16(22)11-17/h4-11,13,23H,12H2,1-3H3. The second-order valence-electron chi connectivity index (χ2n) is 6.87. The van der Waals surface area contributed by atoms with Crippen molar-refractivity contribution in [3.8, 4) is 0 Å². The summed E-state index contributed by atoms with van der Waals surface area (Å²) in [6, 6.07) is 15.2. The first-order chi connectivity index (χ1) is 12.4. The molecular formula is C21H21BrN2O2. The monoisotopic (exact) mass is 412 g/mol. The third kappa shape index (κ3) is 3.73. The van der Waals surface area contributed by atoms with E-state index >= 15 is 0 Å². The Bertz CT molecular complexity index is 885. The molecule has 0 fully saturated rings. The fourth-order valence-electron chi connectivity index (χ4n) is 2.92. The second kappa shape index (κ2) is 7.46. The molecule has 5 heteroatoms. The molecule has 2 aromatic rings. The van der Waals surface area contributed by atoms with E-state index in [1.54, 1.807) is 0 Å². The summed E-state index contributed by atoms with van der Waals surface area (Å²) in [5, 5.41) is 3.17. The van der Waals surface area contributed by atoms with Crippen LogP contribution in [0.2, 0.25) is 0 Å². The van der Waals surface area contributed by atoms with Crippen LogP contribution in [0.15, 0.2) is 58.7 Å². The summed E-state index contributed by atoms with van der Waals surface area (Å²) < 4.78 is 0.899. The zero-order chi connectivity index (χ0) is 18.8. The minimum atomic E-state index is -0.278. The number of halogens is 1. The highest BCUT2D eigenvalue weighted by molar-refractivity contribution is 9.10. The van der Waals surface area contributed by atoms with Gasteiger partial charge in [-0.25, -0.2) is 0 Å². The molecule has 0 spiro atoms. The third-order valence-electron chi connectivity index (χ3n) is 4.15. The van der Waals surface area contributed by atoms with E-state index in [9.17, 15) is 9.59 Å². The first kappa shape index (κ1) is 18.4. The lowest BCUT2D eigenvalue weighted by Crippen LogP contribution is -2.35. The predicted octanol–water partition coefficient (Wildman–Crippen LogP) is 4.61. The van der Waals surface area contributed by atoms with Crippen molar-refractivity contribution in [3.63, 3.8) is 0 Å². The van der Waals surface area contributed by atoms with Gasteiger partial charge in [-0.05, 0) is 36.6 Å². The number of carbonyl (C=O) groups excluding carboxylic acids is 2. The van der Waals surface area contributed by atoms with Gasteiger partial charge in [-0.1, -0.05) is 65.7 Å². The van der Waals surface area contributed by atoms with E-state index in [4.69, 9.17) is 0 Å². The van der Waals surface area contributed by atoms with Gasteiger partial charge in [-0.3, -0.25) is 14.5 Å². The molecule has 0 aromatic heterocycles. The molecule has 2 amide bonds. The Morgan fingerprint density at radius 1 is 1.04 bits per heavy atom. The van der Waals surface area contributed by atoms with Crippen molar-refractivity contribution < 1.29 is 9.59 Å². The number of rotatable bonds is 5. The van der Waals surface area contributed by atoms with Crippen molar-refractivity contribution in [2.45, 2.75) is 20.8 Å². The van der Waals surface area contributed by atoms with Crippen LogP contribution in [-0.4, -0.2) is 23.3 Å². The Morgan fingerprint density at radius 3 is 2.35 bits per heavy atom. The number of carbonyl (C=O) groups is 2. The van der Waals surface area contributed by atoms with Crippen molar-refractivity contribution in [3.05, 3.63) is 69.8 Å². The lowest BCUT2D eigenvalue weighted by atomic mass is 10.0. The highest BCUT2D eigenvalue weighted by atomic mass is 79.9. The van der Waals surface area contributed by atoms with Gasteiger partial charge in [0.1, 0.15) is 5.70 Å². The normalized spacial score (nSPS) is 14.6.